The first-order valence-corrected chi connectivity index (χ1v) is 9.89. The van der Waals surface area contributed by atoms with Crippen LogP contribution in [0.1, 0.15) is 16.1 Å². The van der Waals surface area contributed by atoms with Crippen LogP contribution in [0.3, 0.4) is 0 Å². The molecule has 1 amide bonds. The molecule has 9 nitrogen and oxygen atoms in total. The highest BCUT2D eigenvalue weighted by Crippen LogP contribution is 2.29. The Morgan fingerprint density at radius 1 is 1.10 bits per heavy atom. The first-order valence-electron chi connectivity index (χ1n) is 9.89. The SMILES string of the molecule is N#Cc1cccc(-c2ccnc(N[C@@H]3CO[C@@H]4[C@@H]3OC[C@@H]4NC(=O)c3ccco3)n2)c1. The van der Waals surface area contributed by atoms with Crippen molar-refractivity contribution in [2.75, 3.05) is 18.5 Å². The third kappa shape index (κ3) is 3.86. The summed E-state index contributed by atoms with van der Waals surface area (Å²) in [5, 5.41) is 15.3. The summed E-state index contributed by atoms with van der Waals surface area (Å²) in [6, 6.07) is 14.0. The fraction of sp³-hybridized carbons (Fsp3) is 0.273. The van der Waals surface area contributed by atoms with Crippen molar-refractivity contribution in [2.45, 2.75) is 24.3 Å². The predicted octanol–water partition coefficient (Wildman–Crippen LogP) is 1.98. The molecule has 3 aromatic rings. The molecule has 1 aromatic carbocycles. The number of benzene rings is 1. The number of amides is 1. The molecule has 0 radical (unpaired) electrons. The molecule has 2 aliphatic rings. The van der Waals surface area contributed by atoms with Gasteiger partial charge in [0, 0.05) is 11.8 Å². The van der Waals surface area contributed by atoms with Gasteiger partial charge in [-0.2, -0.15) is 5.26 Å². The summed E-state index contributed by atoms with van der Waals surface area (Å²) in [4.78, 5) is 21.1. The van der Waals surface area contributed by atoms with Gasteiger partial charge in [0.15, 0.2) is 5.76 Å². The molecule has 9 heteroatoms. The van der Waals surface area contributed by atoms with Gasteiger partial charge >= 0.3 is 0 Å². The molecule has 2 aromatic heterocycles. The van der Waals surface area contributed by atoms with E-state index in [-0.39, 0.29) is 36.0 Å². The number of ether oxygens (including phenoxy) is 2. The zero-order chi connectivity index (χ0) is 21.2. The average molecular weight is 417 g/mol. The van der Waals surface area contributed by atoms with E-state index in [4.69, 9.17) is 19.2 Å². The number of rotatable bonds is 5. The number of fused-ring (bicyclic) bond motifs is 1. The molecule has 0 unspecified atom stereocenters. The number of carbonyl (C=O) groups excluding carboxylic acids is 1. The summed E-state index contributed by atoms with van der Waals surface area (Å²) in [6.45, 7) is 0.752. The van der Waals surface area contributed by atoms with Crippen LogP contribution in [-0.4, -0.2) is 53.4 Å². The molecule has 5 rings (SSSR count). The zero-order valence-corrected chi connectivity index (χ0v) is 16.4. The van der Waals surface area contributed by atoms with Gasteiger partial charge < -0.3 is 24.5 Å². The summed E-state index contributed by atoms with van der Waals surface area (Å²) in [6.07, 6.45) is 2.61. The minimum atomic E-state index is -0.296. The normalized spacial score (nSPS) is 24.4. The second-order valence-corrected chi connectivity index (χ2v) is 7.36. The highest BCUT2D eigenvalue weighted by atomic mass is 16.6. The Kier molecular flexibility index (Phi) is 5.08. The molecular formula is C22H19N5O4. The van der Waals surface area contributed by atoms with Gasteiger partial charge in [-0.25, -0.2) is 9.97 Å². The topological polar surface area (TPSA) is 122 Å². The minimum absolute atomic E-state index is 0.156. The van der Waals surface area contributed by atoms with Gasteiger partial charge in [0.2, 0.25) is 5.95 Å². The van der Waals surface area contributed by atoms with Gasteiger partial charge in [0.1, 0.15) is 12.2 Å². The predicted molar refractivity (Wildman–Crippen MR) is 109 cm³/mol. The van der Waals surface area contributed by atoms with Crippen molar-refractivity contribution in [3.05, 3.63) is 66.2 Å². The summed E-state index contributed by atoms with van der Waals surface area (Å²) >= 11 is 0. The van der Waals surface area contributed by atoms with Gasteiger partial charge in [0.25, 0.3) is 5.91 Å². The van der Waals surface area contributed by atoms with Gasteiger partial charge in [0.05, 0.1) is 48.9 Å². The Morgan fingerprint density at radius 2 is 1.94 bits per heavy atom. The van der Waals surface area contributed by atoms with E-state index in [0.29, 0.717) is 30.4 Å². The molecule has 2 N–H and O–H groups in total. The molecule has 2 saturated heterocycles. The standard InChI is InChI=1S/C22H19N5O4/c23-10-13-3-1-4-14(9-13)15-6-7-24-22(26-15)27-17-12-31-19-16(11-30-20(17)19)25-21(28)18-5-2-8-29-18/h1-9,16-17,19-20H,11-12H2,(H,25,28)(H,24,26,27)/t16-,17+,19-,20+/m0/s1. The van der Waals surface area contributed by atoms with E-state index in [1.807, 2.05) is 12.1 Å². The lowest BCUT2D eigenvalue weighted by Crippen LogP contribution is -2.44. The maximum Gasteiger partial charge on any atom is 0.287 e. The molecule has 0 bridgehead atoms. The van der Waals surface area contributed by atoms with Crippen molar-refractivity contribution in [2.24, 2.45) is 0 Å². The van der Waals surface area contributed by atoms with Crippen LogP contribution < -0.4 is 10.6 Å². The lowest BCUT2D eigenvalue weighted by Gasteiger charge is -2.18. The molecule has 0 aliphatic carbocycles. The molecular weight excluding hydrogens is 398 g/mol. The van der Waals surface area contributed by atoms with Crippen LogP contribution in [-0.2, 0) is 9.47 Å². The first kappa shape index (κ1) is 19.2. The van der Waals surface area contributed by atoms with Crippen LogP contribution >= 0.6 is 0 Å². The molecule has 0 saturated carbocycles. The van der Waals surface area contributed by atoms with Crippen molar-refractivity contribution >= 4 is 11.9 Å². The van der Waals surface area contributed by atoms with E-state index in [0.717, 1.165) is 5.56 Å². The van der Waals surface area contributed by atoms with E-state index in [1.165, 1.54) is 6.26 Å². The van der Waals surface area contributed by atoms with Crippen molar-refractivity contribution in [1.82, 2.24) is 15.3 Å². The number of hydrogen-bond acceptors (Lipinski definition) is 8. The Labute approximate surface area is 178 Å². The Balaban J connectivity index is 1.26. The maximum atomic E-state index is 12.3. The maximum absolute atomic E-state index is 12.3. The fourth-order valence-electron chi connectivity index (χ4n) is 3.90. The second kappa shape index (κ2) is 8.18. The summed E-state index contributed by atoms with van der Waals surface area (Å²) in [5.74, 6) is 0.400. The zero-order valence-electron chi connectivity index (χ0n) is 16.4. The smallest absolute Gasteiger partial charge is 0.287 e. The largest absolute Gasteiger partial charge is 0.459 e. The third-order valence-electron chi connectivity index (χ3n) is 5.37. The number of nitriles is 1. The van der Waals surface area contributed by atoms with Crippen molar-refractivity contribution < 1.29 is 18.7 Å². The first-order chi connectivity index (χ1) is 15.2. The number of aromatic nitrogens is 2. The van der Waals surface area contributed by atoms with E-state index >= 15 is 0 Å². The number of furan rings is 1. The fourth-order valence-corrected chi connectivity index (χ4v) is 3.90. The van der Waals surface area contributed by atoms with Crippen LogP contribution in [0, 0.1) is 11.3 Å². The highest BCUT2D eigenvalue weighted by molar-refractivity contribution is 5.91. The Hall–Kier alpha value is -3.74. The van der Waals surface area contributed by atoms with Gasteiger partial charge in [-0.3, -0.25) is 4.79 Å². The van der Waals surface area contributed by atoms with Crippen LogP contribution in [0.2, 0.25) is 0 Å². The van der Waals surface area contributed by atoms with Crippen LogP contribution in [0.25, 0.3) is 11.3 Å². The quantitative estimate of drug-likeness (QED) is 0.646. The lowest BCUT2D eigenvalue weighted by atomic mass is 10.1. The summed E-state index contributed by atoms with van der Waals surface area (Å²) in [7, 11) is 0. The molecule has 2 aliphatic heterocycles. The van der Waals surface area contributed by atoms with Crippen molar-refractivity contribution in [3.8, 4) is 17.3 Å². The molecule has 2 fully saturated rings. The summed E-state index contributed by atoms with van der Waals surface area (Å²) < 4.78 is 17.0. The second-order valence-electron chi connectivity index (χ2n) is 7.36. The number of hydrogen-bond donors (Lipinski definition) is 2. The van der Waals surface area contributed by atoms with E-state index in [9.17, 15) is 4.79 Å². The molecule has 4 atom stereocenters. The molecule has 156 valence electrons. The van der Waals surface area contributed by atoms with Gasteiger partial charge in [-0.1, -0.05) is 12.1 Å². The monoisotopic (exact) mass is 417 g/mol. The molecule has 4 heterocycles. The van der Waals surface area contributed by atoms with Gasteiger partial charge in [-0.05, 0) is 30.3 Å². The number of carbonyl (C=O) groups is 1. The minimum Gasteiger partial charge on any atom is -0.459 e. The Morgan fingerprint density at radius 3 is 2.74 bits per heavy atom. The van der Waals surface area contributed by atoms with Crippen LogP contribution in [0.15, 0.2) is 59.3 Å². The summed E-state index contributed by atoms with van der Waals surface area (Å²) in [5.41, 5.74) is 2.11. The van der Waals surface area contributed by atoms with Crippen molar-refractivity contribution in [1.29, 1.82) is 5.26 Å². The van der Waals surface area contributed by atoms with Crippen LogP contribution in [0.5, 0.6) is 0 Å². The average Bonchev–Trinajstić information content (AvgIpc) is 3.55. The number of nitrogens with one attached hydrogen (secondary N) is 2. The highest BCUT2D eigenvalue weighted by Gasteiger charge is 2.48. The Bertz CT molecular complexity index is 1130. The van der Waals surface area contributed by atoms with Crippen LogP contribution in [0.4, 0.5) is 5.95 Å². The van der Waals surface area contributed by atoms with E-state index < -0.39 is 0 Å². The van der Waals surface area contributed by atoms with Crippen molar-refractivity contribution in [3.63, 3.8) is 0 Å². The molecule has 0 spiro atoms. The van der Waals surface area contributed by atoms with Gasteiger partial charge in [-0.15, -0.1) is 0 Å². The third-order valence-corrected chi connectivity index (χ3v) is 5.37. The van der Waals surface area contributed by atoms with E-state index in [1.54, 1.807) is 36.5 Å². The van der Waals surface area contributed by atoms with E-state index in [2.05, 4.69) is 26.7 Å². The lowest BCUT2D eigenvalue weighted by molar-refractivity contribution is 0.0646. The number of anilines is 1. The molecule has 31 heavy (non-hydrogen) atoms. The number of nitrogens with zero attached hydrogens (tertiary/aromatic N) is 3.